The molecule has 14 heavy (non-hydrogen) atoms. The summed E-state index contributed by atoms with van der Waals surface area (Å²) in [6.07, 6.45) is 0.669. The highest BCUT2D eigenvalue weighted by molar-refractivity contribution is 7.89. The van der Waals surface area contributed by atoms with Crippen molar-refractivity contribution in [3.05, 3.63) is 36.8 Å². The third-order valence-corrected chi connectivity index (χ3v) is 3.82. The van der Waals surface area contributed by atoms with E-state index in [1.165, 1.54) is 18.4 Å². The van der Waals surface area contributed by atoms with Gasteiger partial charge in [0.25, 0.3) is 0 Å². The highest BCUT2D eigenvalue weighted by atomic mass is 32.2. The summed E-state index contributed by atoms with van der Waals surface area (Å²) in [6.45, 7) is 3.72. The fourth-order valence-electron chi connectivity index (χ4n) is 1.04. The Morgan fingerprint density at radius 2 is 1.71 bits per heavy atom. The van der Waals surface area contributed by atoms with E-state index in [-0.39, 0.29) is 0 Å². The molecule has 0 N–H and O–H groups in total. The normalized spacial score (nSPS) is 12.0. The number of benzene rings is 1. The van der Waals surface area contributed by atoms with Crippen molar-refractivity contribution in [2.24, 2.45) is 0 Å². The molecule has 0 spiro atoms. The molecular weight excluding hydrogens is 198 g/mol. The van der Waals surface area contributed by atoms with Gasteiger partial charge in [-0.05, 0) is 31.0 Å². The van der Waals surface area contributed by atoms with Crippen molar-refractivity contribution in [2.45, 2.75) is 11.3 Å². The first-order valence-electron chi connectivity index (χ1n) is 4.29. The van der Waals surface area contributed by atoms with Gasteiger partial charge in [-0.25, -0.2) is 12.7 Å². The molecule has 77 valence electrons. The Morgan fingerprint density at radius 3 is 2.07 bits per heavy atom. The molecule has 1 aromatic rings. The van der Waals surface area contributed by atoms with E-state index in [0.717, 1.165) is 5.56 Å². The van der Waals surface area contributed by atoms with Crippen LogP contribution in [0.3, 0.4) is 0 Å². The van der Waals surface area contributed by atoms with Crippen LogP contribution in [0.25, 0.3) is 0 Å². The molecule has 0 unspecified atom stereocenters. The largest absolute Gasteiger partial charge is 0.242 e. The summed E-state index contributed by atoms with van der Waals surface area (Å²) in [5.41, 5.74) is 1.03. The van der Waals surface area contributed by atoms with Gasteiger partial charge in [0.2, 0.25) is 10.0 Å². The van der Waals surface area contributed by atoms with Crippen molar-refractivity contribution < 1.29 is 8.42 Å². The SMILES string of the molecule is [CH2]Cc1ccc(S(=O)(=O)N(C)C)cc1. The molecule has 0 fully saturated rings. The van der Waals surface area contributed by atoms with E-state index in [0.29, 0.717) is 11.3 Å². The van der Waals surface area contributed by atoms with Crippen LogP contribution in [0.2, 0.25) is 0 Å². The predicted molar refractivity (Wildman–Crippen MR) is 56.4 cm³/mol. The second-order valence-corrected chi connectivity index (χ2v) is 5.33. The van der Waals surface area contributed by atoms with Crippen molar-refractivity contribution in [2.75, 3.05) is 14.1 Å². The Hall–Kier alpha value is -0.870. The minimum atomic E-state index is -3.29. The quantitative estimate of drug-likeness (QED) is 0.757. The predicted octanol–water partition coefficient (Wildman–Crippen LogP) is 1.31. The van der Waals surface area contributed by atoms with Crippen LogP contribution < -0.4 is 0 Å². The Labute approximate surface area is 85.4 Å². The fourth-order valence-corrected chi connectivity index (χ4v) is 1.94. The minimum absolute atomic E-state index is 0.319. The molecule has 1 radical (unpaired) electrons. The smallest absolute Gasteiger partial charge is 0.207 e. The molecule has 0 atom stereocenters. The van der Waals surface area contributed by atoms with Gasteiger partial charge in [0.1, 0.15) is 0 Å². The van der Waals surface area contributed by atoms with E-state index in [4.69, 9.17) is 0 Å². The molecule has 0 aliphatic carbocycles. The second kappa shape index (κ2) is 4.11. The molecule has 0 heterocycles. The van der Waals surface area contributed by atoms with Gasteiger partial charge in [0.15, 0.2) is 0 Å². The first kappa shape index (κ1) is 11.2. The molecular formula is C10H14NO2S. The van der Waals surface area contributed by atoms with Gasteiger partial charge in [0, 0.05) is 14.1 Å². The summed E-state index contributed by atoms with van der Waals surface area (Å²) < 4.78 is 24.5. The second-order valence-electron chi connectivity index (χ2n) is 3.18. The van der Waals surface area contributed by atoms with E-state index < -0.39 is 10.0 Å². The summed E-state index contributed by atoms with van der Waals surface area (Å²) >= 11 is 0. The maximum absolute atomic E-state index is 11.6. The van der Waals surface area contributed by atoms with Crippen LogP contribution >= 0.6 is 0 Å². The highest BCUT2D eigenvalue weighted by Gasteiger charge is 2.15. The molecule has 0 bridgehead atoms. The Kier molecular flexibility index (Phi) is 3.29. The van der Waals surface area contributed by atoms with Gasteiger partial charge in [-0.15, -0.1) is 0 Å². The van der Waals surface area contributed by atoms with Crippen LogP contribution in [-0.4, -0.2) is 26.8 Å². The van der Waals surface area contributed by atoms with Crippen LogP contribution in [0.4, 0.5) is 0 Å². The van der Waals surface area contributed by atoms with Crippen molar-refractivity contribution >= 4 is 10.0 Å². The minimum Gasteiger partial charge on any atom is -0.207 e. The van der Waals surface area contributed by atoms with E-state index in [2.05, 4.69) is 6.92 Å². The number of nitrogens with zero attached hydrogens (tertiary/aromatic N) is 1. The molecule has 0 aliphatic heterocycles. The Morgan fingerprint density at radius 1 is 1.21 bits per heavy atom. The third-order valence-electron chi connectivity index (χ3n) is 1.99. The average Bonchev–Trinajstić information content (AvgIpc) is 2.17. The number of hydrogen-bond acceptors (Lipinski definition) is 2. The zero-order valence-corrected chi connectivity index (χ0v) is 9.21. The topological polar surface area (TPSA) is 37.4 Å². The van der Waals surface area contributed by atoms with Crippen molar-refractivity contribution in [3.63, 3.8) is 0 Å². The fraction of sp³-hybridized carbons (Fsp3) is 0.300. The third kappa shape index (κ3) is 2.13. The van der Waals surface area contributed by atoms with E-state index >= 15 is 0 Å². The lowest BCUT2D eigenvalue weighted by Gasteiger charge is -2.11. The lowest BCUT2D eigenvalue weighted by atomic mass is 10.2. The maximum Gasteiger partial charge on any atom is 0.242 e. The maximum atomic E-state index is 11.6. The highest BCUT2D eigenvalue weighted by Crippen LogP contribution is 2.13. The van der Waals surface area contributed by atoms with Crippen molar-refractivity contribution in [3.8, 4) is 0 Å². The molecule has 3 nitrogen and oxygen atoms in total. The lowest BCUT2D eigenvalue weighted by molar-refractivity contribution is 0.520. The summed E-state index contributed by atoms with van der Waals surface area (Å²) in [6, 6.07) is 6.78. The number of hydrogen-bond donors (Lipinski definition) is 0. The molecule has 0 saturated carbocycles. The van der Waals surface area contributed by atoms with Gasteiger partial charge >= 0.3 is 0 Å². The Balaban J connectivity index is 3.10. The van der Waals surface area contributed by atoms with Crippen molar-refractivity contribution in [1.82, 2.24) is 4.31 Å². The molecule has 1 rings (SSSR count). The molecule has 0 aliphatic rings. The molecule has 0 saturated heterocycles. The van der Waals surface area contributed by atoms with Gasteiger partial charge < -0.3 is 0 Å². The van der Waals surface area contributed by atoms with E-state index in [1.807, 2.05) is 0 Å². The molecule has 0 aromatic heterocycles. The summed E-state index contributed by atoms with van der Waals surface area (Å²) in [7, 11) is -0.252. The lowest BCUT2D eigenvalue weighted by Crippen LogP contribution is -2.22. The first-order chi connectivity index (χ1) is 6.48. The zero-order valence-electron chi connectivity index (χ0n) is 8.40. The van der Waals surface area contributed by atoms with E-state index in [1.54, 1.807) is 24.3 Å². The van der Waals surface area contributed by atoms with Gasteiger partial charge in [-0.2, -0.15) is 0 Å². The van der Waals surface area contributed by atoms with Gasteiger partial charge in [0.05, 0.1) is 4.90 Å². The van der Waals surface area contributed by atoms with Crippen LogP contribution in [-0.2, 0) is 16.4 Å². The number of sulfonamides is 1. The average molecular weight is 212 g/mol. The Bertz CT molecular complexity index is 393. The van der Waals surface area contributed by atoms with Crippen LogP contribution in [0.15, 0.2) is 29.2 Å². The molecule has 1 aromatic carbocycles. The van der Waals surface area contributed by atoms with Gasteiger partial charge in [-0.3, -0.25) is 0 Å². The summed E-state index contributed by atoms with van der Waals surface area (Å²) in [5.74, 6) is 0. The monoisotopic (exact) mass is 212 g/mol. The van der Waals surface area contributed by atoms with Crippen LogP contribution in [0.1, 0.15) is 5.56 Å². The van der Waals surface area contributed by atoms with Gasteiger partial charge in [-0.1, -0.05) is 12.1 Å². The number of rotatable bonds is 3. The van der Waals surface area contributed by atoms with E-state index in [9.17, 15) is 8.42 Å². The summed E-state index contributed by atoms with van der Waals surface area (Å²) in [5, 5.41) is 0. The summed E-state index contributed by atoms with van der Waals surface area (Å²) in [4.78, 5) is 0.319. The molecule has 0 amide bonds. The van der Waals surface area contributed by atoms with Crippen molar-refractivity contribution in [1.29, 1.82) is 0 Å². The standard InChI is InChI=1S/C10H14NO2S/c1-4-9-5-7-10(8-6-9)14(12,13)11(2)3/h5-8H,1,4H2,2-3H3. The van der Waals surface area contributed by atoms with Crippen LogP contribution in [0.5, 0.6) is 0 Å². The zero-order chi connectivity index (χ0) is 10.8. The molecule has 4 heteroatoms. The first-order valence-corrected chi connectivity index (χ1v) is 5.73. The van der Waals surface area contributed by atoms with Crippen LogP contribution in [0, 0.1) is 6.92 Å².